The molecule has 1 N–H and O–H groups in total. The topological polar surface area (TPSA) is 56.2 Å². The molecule has 5 nitrogen and oxygen atoms in total. The third kappa shape index (κ3) is 6.30. The number of hydrogen-bond acceptors (Lipinski definition) is 3. The maximum atomic E-state index is 12.9. The summed E-state index contributed by atoms with van der Waals surface area (Å²) in [5.41, 5.74) is 3.11. The highest BCUT2D eigenvalue weighted by molar-refractivity contribution is 5.95. The average Bonchev–Trinajstić information content (AvgIpc) is 3.12. The number of benzene rings is 1. The summed E-state index contributed by atoms with van der Waals surface area (Å²) in [7, 11) is 1.49. The zero-order valence-electron chi connectivity index (χ0n) is 19.9. The Kier molecular flexibility index (Phi) is 8.08. The molecule has 3 rings (SSSR count). The fourth-order valence-corrected chi connectivity index (χ4v) is 4.56. The van der Waals surface area contributed by atoms with Crippen LogP contribution in [0.15, 0.2) is 18.2 Å². The molecule has 0 atom stereocenters. The van der Waals surface area contributed by atoms with Gasteiger partial charge < -0.3 is 10.1 Å². The van der Waals surface area contributed by atoms with E-state index >= 15 is 0 Å². The van der Waals surface area contributed by atoms with Gasteiger partial charge in [-0.05, 0) is 62.6 Å². The summed E-state index contributed by atoms with van der Waals surface area (Å²) in [5.74, 6) is 1.54. The Hall–Kier alpha value is -2.51. The number of halogens is 3. The van der Waals surface area contributed by atoms with Crippen molar-refractivity contribution in [3.8, 4) is 17.0 Å². The van der Waals surface area contributed by atoms with E-state index in [0.29, 0.717) is 41.6 Å². The Bertz CT molecular complexity index is 961. The number of aromatic nitrogens is 2. The molecule has 0 unspecified atom stereocenters. The fraction of sp³-hybridized carbons (Fsp3) is 0.600. The largest absolute Gasteiger partial charge is 0.496 e. The molecule has 0 saturated heterocycles. The van der Waals surface area contributed by atoms with E-state index in [1.54, 1.807) is 22.9 Å². The quantitative estimate of drug-likeness (QED) is 0.525. The van der Waals surface area contributed by atoms with E-state index in [-0.39, 0.29) is 12.3 Å². The molecule has 1 amide bonds. The van der Waals surface area contributed by atoms with Crippen LogP contribution in [-0.4, -0.2) is 35.5 Å². The van der Waals surface area contributed by atoms with Gasteiger partial charge in [-0.2, -0.15) is 18.3 Å². The van der Waals surface area contributed by atoms with Crippen molar-refractivity contribution >= 4 is 5.91 Å². The number of carbonyl (C=O) groups is 1. The van der Waals surface area contributed by atoms with Crippen LogP contribution < -0.4 is 10.1 Å². The van der Waals surface area contributed by atoms with Crippen molar-refractivity contribution in [2.75, 3.05) is 13.7 Å². The van der Waals surface area contributed by atoms with Crippen molar-refractivity contribution in [2.45, 2.75) is 72.0 Å². The maximum Gasteiger partial charge on any atom is 0.389 e. The molecule has 8 heteroatoms. The van der Waals surface area contributed by atoms with Crippen molar-refractivity contribution in [3.05, 3.63) is 35.0 Å². The summed E-state index contributed by atoms with van der Waals surface area (Å²) < 4.78 is 45.1. The number of carbonyl (C=O) groups excluding carboxylic acids is 1. The fourth-order valence-electron chi connectivity index (χ4n) is 4.56. The third-order valence-electron chi connectivity index (χ3n) is 6.61. The van der Waals surface area contributed by atoms with E-state index < -0.39 is 12.6 Å². The smallest absolute Gasteiger partial charge is 0.389 e. The van der Waals surface area contributed by atoms with Crippen LogP contribution in [0, 0.1) is 18.8 Å². The zero-order valence-corrected chi connectivity index (χ0v) is 19.9. The van der Waals surface area contributed by atoms with Gasteiger partial charge in [-0.3, -0.25) is 9.48 Å². The van der Waals surface area contributed by atoms with Crippen molar-refractivity contribution in [3.63, 3.8) is 0 Å². The van der Waals surface area contributed by atoms with Gasteiger partial charge in [0.1, 0.15) is 5.75 Å². The average molecular weight is 466 g/mol. The van der Waals surface area contributed by atoms with Crippen molar-refractivity contribution < 1.29 is 22.7 Å². The van der Waals surface area contributed by atoms with Gasteiger partial charge in [0.05, 0.1) is 12.8 Å². The molecule has 1 fully saturated rings. The highest BCUT2D eigenvalue weighted by Gasteiger charge is 2.27. The van der Waals surface area contributed by atoms with E-state index in [4.69, 9.17) is 4.74 Å². The highest BCUT2D eigenvalue weighted by atomic mass is 19.4. The van der Waals surface area contributed by atoms with Crippen LogP contribution in [0.2, 0.25) is 0 Å². The van der Waals surface area contributed by atoms with Crippen molar-refractivity contribution in [1.82, 2.24) is 15.1 Å². The summed E-state index contributed by atoms with van der Waals surface area (Å²) in [4.78, 5) is 12.9. The summed E-state index contributed by atoms with van der Waals surface area (Å²) >= 11 is 0. The van der Waals surface area contributed by atoms with Crippen LogP contribution in [0.25, 0.3) is 11.3 Å². The number of alkyl halides is 3. The molecule has 1 saturated carbocycles. The number of methoxy groups -OCH3 is 1. The monoisotopic (exact) mass is 465 g/mol. The number of ether oxygens (including phenoxy) is 1. The maximum absolute atomic E-state index is 12.9. The first-order chi connectivity index (χ1) is 15.6. The Morgan fingerprint density at radius 2 is 1.94 bits per heavy atom. The summed E-state index contributed by atoms with van der Waals surface area (Å²) in [6.07, 6.45) is -0.535. The van der Waals surface area contributed by atoms with Crippen LogP contribution in [0.3, 0.4) is 0 Å². The van der Waals surface area contributed by atoms with Gasteiger partial charge >= 0.3 is 6.18 Å². The molecule has 1 heterocycles. The van der Waals surface area contributed by atoms with Crippen LogP contribution >= 0.6 is 0 Å². The Balaban J connectivity index is 1.81. The molecule has 2 aromatic rings. The first-order valence-corrected chi connectivity index (χ1v) is 11.7. The lowest BCUT2D eigenvalue weighted by Gasteiger charge is -2.26. The van der Waals surface area contributed by atoms with E-state index in [2.05, 4.69) is 17.3 Å². The molecular formula is C25H34F3N3O2. The molecule has 1 aliphatic rings. The predicted octanol–water partition coefficient (Wildman–Crippen LogP) is 5.94. The van der Waals surface area contributed by atoms with Gasteiger partial charge in [0, 0.05) is 30.6 Å². The molecule has 0 bridgehead atoms. The Morgan fingerprint density at radius 1 is 1.24 bits per heavy atom. The van der Waals surface area contributed by atoms with E-state index in [1.165, 1.54) is 20.0 Å². The second-order valence-corrected chi connectivity index (χ2v) is 9.12. The lowest BCUT2D eigenvalue weighted by atomic mass is 9.83. The van der Waals surface area contributed by atoms with Gasteiger partial charge in [-0.25, -0.2) is 0 Å². The minimum atomic E-state index is -4.21. The number of hydrogen-bond donors (Lipinski definition) is 1. The molecule has 1 aliphatic carbocycles. The number of amides is 1. The standard InChI is InChI=1S/C25H34F3N3O2/c1-5-31-23(20-11-10-18(14-21(20)33-4)12-13-25(26,27)28)17(3)22(30-31)24(32)29-15-19-8-6-16(2)7-9-19/h10-11,14,16,19H,5-9,12-13,15H2,1-4H3,(H,29,32). The molecule has 182 valence electrons. The van der Waals surface area contributed by atoms with Gasteiger partial charge in [0.15, 0.2) is 5.69 Å². The van der Waals surface area contributed by atoms with Crippen LogP contribution in [0.5, 0.6) is 5.75 Å². The lowest BCUT2D eigenvalue weighted by molar-refractivity contribution is -0.134. The van der Waals surface area contributed by atoms with Crippen LogP contribution in [-0.2, 0) is 13.0 Å². The molecule has 33 heavy (non-hydrogen) atoms. The second-order valence-electron chi connectivity index (χ2n) is 9.12. The predicted molar refractivity (Wildman–Crippen MR) is 122 cm³/mol. The van der Waals surface area contributed by atoms with Gasteiger partial charge in [0.2, 0.25) is 0 Å². The molecular weight excluding hydrogens is 431 g/mol. The van der Waals surface area contributed by atoms with Crippen LogP contribution in [0.1, 0.15) is 67.6 Å². The zero-order chi connectivity index (χ0) is 24.2. The molecule has 0 aliphatic heterocycles. The van der Waals surface area contributed by atoms with Crippen LogP contribution in [0.4, 0.5) is 13.2 Å². The first kappa shape index (κ1) is 25.1. The minimum Gasteiger partial charge on any atom is -0.496 e. The summed E-state index contributed by atoms with van der Waals surface area (Å²) in [6, 6.07) is 5.07. The van der Waals surface area contributed by atoms with E-state index in [9.17, 15) is 18.0 Å². The molecule has 1 aromatic carbocycles. The Labute approximate surface area is 193 Å². The lowest BCUT2D eigenvalue weighted by Crippen LogP contribution is -2.31. The molecule has 0 spiro atoms. The molecule has 1 aromatic heterocycles. The van der Waals surface area contributed by atoms with Gasteiger partial charge in [-0.15, -0.1) is 0 Å². The van der Waals surface area contributed by atoms with E-state index in [0.717, 1.165) is 30.0 Å². The summed E-state index contributed by atoms with van der Waals surface area (Å²) in [6.45, 7) is 7.25. The number of nitrogens with one attached hydrogen (secondary N) is 1. The number of rotatable bonds is 8. The van der Waals surface area contributed by atoms with Gasteiger partial charge in [0.25, 0.3) is 5.91 Å². The first-order valence-electron chi connectivity index (χ1n) is 11.7. The minimum absolute atomic E-state index is 0.111. The summed E-state index contributed by atoms with van der Waals surface area (Å²) in [5, 5.41) is 7.60. The normalized spacial score (nSPS) is 18.9. The van der Waals surface area contributed by atoms with Crippen molar-refractivity contribution in [2.24, 2.45) is 11.8 Å². The van der Waals surface area contributed by atoms with E-state index in [1.807, 2.05) is 13.8 Å². The molecule has 0 radical (unpaired) electrons. The second kappa shape index (κ2) is 10.6. The SMILES string of the molecule is CCn1nc(C(=O)NCC2CCC(C)CC2)c(C)c1-c1ccc(CCC(F)(F)F)cc1OC. The number of nitrogens with zero attached hydrogens (tertiary/aromatic N) is 2. The third-order valence-corrected chi connectivity index (χ3v) is 6.61. The van der Waals surface area contributed by atoms with Gasteiger partial charge in [-0.1, -0.05) is 25.8 Å². The van der Waals surface area contributed by atoms with Crippen molar-refractivity contribution in [1.29, 1.82) is 0 Å². The Morgan fingerprint density at radius 3 is 2.55 bits per heavy atom. The highest BCUT2D eigenvalue weighted by Crippen LogP contribution is 2.35. The number of aryl methyl sites for hydroxylation is 2.